The summed E-state index contributed by atoms with van der Waals surface area (Å²) in [6.07, 6.45) is 0.815. The van der Waals surface area contributed by atoms with Gasteiger partial charge in [0.05, 0.1) is 30.0 Å². The normalized spacial score (nSPS) is 14.3. The summed E-state index contributed by atoms with van der Waals surface area (Å²) in [7, 11) is 0. The van der Waals surface area contributed by atoms with Gasteiger partial charge >= 0.3 is 0 Å². The number of amides is 1. The second-order valence-electron chi connectivity index (χ2n) is 8.27. The van der Waals surface area contributed by atoms with E-state index >= 15 is 0 Å². The predicted molar refractivity (Wildman–Crippen MR) is 136 cm³/mol. The zero-order chi connectivity index (χ0) is 24.0. The number of nitrogens with zero attached hydrogens (tertiary/aromatic N) is 4. The number of morpholine rings is 1. The molecule has 0 aliphatic carbocycles. The van der Waals surface area contributed by atoms with Gasteiger partial charge in [0.25, 0.3) is 5.91 Å². The minimum atomic E-state index is -0.220. The topological polar surface area (TPSA) is 80.9 Å². The van der Waals surface area contributed by atoms with E-state index in [0.717, 1.165) is 60.8 Å². The Bertz CT molecular complexity index is 1270. The van der Waals surface area contributed by atoms with Crippen LogP contribution in [0.15, 0.2) is 59.1 Å². The quantitative estimate of drug-likeness (QED) is 0.334. The maximum absolute atomic E-state index is 13.6. The van der Waals surface area contributed by atoms with Gasteiger partial charge in [-0.1, -0.05) is 46.8 Å². The summed E-state index contributed by atoms with van der Waals surface area (Å²) in [5.74, 6) is 1.14. The third-order valence-electron chi connectivity index (χ3n) is 5.88. The number of fused-ring (bicyclic) bond motifs is 1. The Kier molecular flexibility index (Phi) is 7.37. The van der Waals surface area contributed by atoms with E-state index in [1.165, 1.54) is 11.3 Å². The number of carbonyl (C=O) groups is 1. The SMILES string of the molecule is CCOc1ccc2nc(N(CCCN3CCOCC3)C(=O)c3cc(-c4ccccc4)on3)sc2c1. The molecule has 0 N–H and O–H groups in total. The number of aromatic nitrogens is 2. The molecule has 0 radical (unpaired) electrons. The van der Waals surface area contributed by atoms with Crippen molar-refractivity contribution in [1.29, 1.82) is 0 Å². The molecular weight excluding hydrogens is 464 g/mol. The van der Waals surface area contributed by atoms with Gasteiger partial charge in [-0.2, -0.15) is 0 Å². The van der Waals surface area contributed by atoms with Crippen LogP contribution in [0, 0.1) is 0 Å². The summed E-state index contributed by atoms with van der Waals surface area (Å²) in [6, 6.07) is 17.2. The minimum absolute atomic E-state index is 0.220. The van der Waals surface area contributed by atoms with Gasteiger partial charge in [-0.25, -0.2) is 4.98 Å². The van der Waals surface area contributed by atoms with Crippen molar-refractivity contribution in [3.8, 4) is 17.1 Å². The summed E-state index contributed by atoms with van der Waals surface area (Å²) in [5.41, 5.74) is 1.98. The van der Waals surface area contributed by atoms with Crippen LogP contribution < -0.4 is 9.64 Å². The lowest BCUT2D eigenvalue weighted by atomic mass is 10.1. The number of ether oxygens (including phenoxy) is 2. The van der Waals surface area contributed by atoms with Gasteiger partial charge in [0.2, 0.25) is 0 Å². The molecule has 1 amide bonds. The van der Waals surface area contributed by atoms with Crippen LogP contribution in [0.3, 0.4) is 0 Å². The fraction of sp³-hybridized carbons (Fsp3) is 0.346. The van der Waals surface area contributed by atoms with Gasteiger partial charge in [0, 0.05) is 37.8 Å². The van der Waals surface area contributed by atoms with E-state index in [4.69, 9.17) is 19.0 Å². The highest BCUT2D eigenvalue weighted by atomic mass is 32.1. The Hall–Kier alpha value is -3.27. The van der Waals surface area contributed by atoms with Gasteiger partial charge < -0.3 is 14.0 Å². The lowest BCUT2D eigenvalue weighted by molar-refractivity contribution is 0.0376. The van der Waals surface area contributed by atoms with Crippen molar-refractivity contribution in [3.05, 3.63) is 60.3 Å². The summed E-state index contributed by atoms with van der Waals surface area (Å²) in [5, 5.41) is 4.74. The minimum Gasteiger partial charge on any atom is -0.494 e. The molecular formula is C26H28N4O4S. The molecule has 1 saturated heterocycles. The van der Waals surface area contributed by atoms with Crippen LogP contribution in [0.1, 0.15) is 23.8 Å². The van der Waals surface area contributed by atoms with E-state index in [2.05, 4.69) is 10.1 Å². The van der Waals surface area contributed by atoms with Crippen molar-refractivity contribution in [1.82, 2.24) is 15.0 Å². The second kappa shape index (κ2) is 11.0. The van der Waals surface area contributed by atoms with E-state index in [-0.39, 0.29) is 11.6 Å². The Morgan fingerprint density at radius 3 is 2.77 bits per heavy atom. The number of benzene rings is 2. The van der Waals surface area contributed by atoms with Crippen molar-refractivity contribution in [2.75, 3.05) is 50.9 Å². The Morgan fingerprint density at radius 2 is 1.97 bits per heavy atom. The second-order valence-corrected chi connectivity index (χ2v) is 9.27. The average Bonchev–Trinajstić information content (AvgIpc) is 3.55. The lowest BCUT2D eigenvalue weighted by Gasteiger charge is -2.27. The molecule has 9 heteroatoms. The van der Waals surface area contributed by atoms with Crippen molar-refractivity contribution >= 4 is 32.6 Å². The molecule has 182 valence electrons. The summed E-state index contributed by atoms with van der Waals surface area (Å²) >= 11 is 1.48. The van der Waals surface area contributed by atoms with Crippen molar-refractivity contribution in [2.45, 2.75) is 13.3 Å². The lowest BCUT2D eigenvalue weighted by Crippen LogP contribution is -2.39. The third-order valence-corrected chi connectivity index (χ3v) is 6.92. The van der Waals surface area contributed by atoms with E-state index in [0.29, 0.717) is 24.0 Å². The number of hydrogen-bond donors (Lipinski definition) is 0. The smallest absolute Gasteiger partial charge is 0.282 e. The molecule has 0 bridgehead atoms. The molecule has 2 aromatic heterocycles. The maximum Gasteiger partial charge on any atom is 0.282 e. The molecule has 0 saturated carbocycles. The first-order chi connectivity index (χ1) is 17.2. The first-order valence-corrected chi connectivity index (χ1v) is 12.7. The number of thiazole rings is 1. The molecule has 3 heterocycles. The van der Waals surface area contributed by atoms with Gasteiger partial charge in [-0.15, -0.1) is 0 Å². The molecule has 8 nitrogen and oxygen atoms in total. The molecule has 4 aromatic rings. The van der Waals surface area contributed by atoms with Crippen LogP contribution in [0.2, 0.25) is 0 Å². The first-order valence-electron chi connectivity index (χ1n) is 11.9. The first kappa shape index (κ1) is 23.5. The van der Waals surface area contributed by atoms with Crippen molar-refractivity contribution in [2.24, 2.45) is 0 Å². The highest BCUT2D eigenvalue weighted by Crippen LogP contribution is 2.33. The number of rotatable bonds is 9. The van der Waals surface area contributed by atoms with Crippen LogP contribution in [0.5, 0.6) is 5.75 Å². The van der Waals surface area contributed by atoms with Crippen LogP contribution >= 0.6 is 11.3 Å². The van der Waals surface area contributed by atoms with Gasteiger partial charge in [0.1, 0.15) is 5.75 Å². The van der Waals surface area contributed by atoms with E-state index in [9.17, 15) is 4.79 Å². The molecule has 1 aliphatic heterocycles. The Balaban J connectivity index is 1.39. The summed E-state index contributed by atoms with van der Waals surface area (Å²) in [4.78, 5) is 22.5. The highest BCUT2D eigenvalue weighted by Gasteiger charge is 2.25. The fourth-order valence-electron chi connectivity index (χ4n) is 4.08. The highest BCUT2D eigenvalue weighted by molar-refractivity contribution is 7.22. The molecule has 0 unspecified atom stereocenters. The largest absolute Gasteiger partial charge is 0.494 e. The molecule has 0 spiro atoms. The number of carbonyl (C=O) groups excluding carboxylic acids is 1. The van der Waals surface area contributed by atoms with E-state index in [1.807, 2.05) is 55.5 Å². The molecule has 1 fully saturated rings. The molecule has 5 rings (SSSR count). The van der Waals surface area contributed by atoms with E-state index < -0.39 is 0 Å². The van der Waals surface area contributed by atoms with Gasteiger partial charge in [0.15, 0.2) is 16.6 Å². The number of hydrogen-bond acceptors (Lipinski definition) is 8. The predicted octanol–water partition coefficient (Wildman–Crippen LogP) is 4.72. The van der Waals surface area contributed by atoms with Crippen LogP contribution in [-0.2, 0) is 4.74 Å². The average molecular weight is 493 g/mol. The fourth-order valence-corrected chi connectivity index (χ4v) is 5.10. The summed E-state index contributed by atoms with van der Waals surface area (Å²) in [6.45, 7) is 7.31. The molecule has 1 aliphatic rings. The molecule has 35 heavy (non-hydrogen) atoms. The van der Waals surface area contributed by atoms with Gasteiger partial charge in [-0.3, -0.25) is 14.6 Å². The van der Waals surface area contributed by atoms with Gasteiger partial charge in [-0.05, 0) is 31.5 Å². The van der Waals surface area contributed by atoms with Crippen LogP contribution in [-0.4, -0.2) is 66.9 Å². The van der Waals surface area contributed by atoms with E-state index in [1.54, 1.807) is 11.0 Å². The zero-order valence-corrected chi connectivity index (χ0v) is 20.5. The van der Waals surface area contributed by atoms with Crippen LogP contribution in [0.25, 0.3) is 21.5 Å². The van der Waals surface area contributed by atoms with Crippen molar-refractivity contribution < 1.29 is 18.8 Å². The standard InChI is InChI=1S/C26H28N4O4S/c1-2-33-20-9-10-21-24(17-20)35-26(27-21)30(12-6-11-29-13-15-32-16-14-29)25(31)22-18-23(34-28-22)19-7-4-3-5-8-19/h3-5,7-10,17-18H,2,6,11-16H2,1H3. The number of anilines is 1. The van der Waals surface area contributed by atoms with Crippen LogP contribution in [0.4, 0.5) is 5.13 Å². The monoisotopic (exact) mass is 492 g/mol. The van der Waals surface area contributed by atoms with Crippen molar-refractivity contribution in [3.63, 3.8) is 0 Å². The molecule has 0 atom stereocenters. The maximum atomic E-state index is 13.6. The Labute approximate surface area is 208 Å². The zero-order valence-electron chi connectivity index (χ0n) is 19.7. The third kappa shape index (κ3) is 5.53. The molecule has 2 aromatic carbocycles. The summed E-state index contributed by atoms with van der Waals surface area (Å²) < 4.78 is 17.6. The Morgan fingerprint density at radius 1 is 1.14 bits per heavy atom.